The highest BCUT2D eigenvalue weighted by atomic mass is 16.2. The van der Waals surface area contributed by atoms with E-state index in [1.807, 2.05) is 0 Å². The van der Waals surface area contributed by atoms with Crippen LogP contribution in [0.15, 0.2) is 30.3 Å². The lowest BCUT2D eigenvalue weighted by atomic mass is 9.96. The maximum absolute atomic E-state index is 12.4. The van der Waals surface area contributed by atoms with Gasteiger partial charge in [0.15, 0.2) is 0 Å². The second-order valence-electron chi connectivity index (χ2n) is 7.11. The number of hydrogen-bond donors (Lipinski definition) is 2. The van der Waals surface area contributed by atoms with Crippen LogP contribution in [0.2, 0.25) is 0 Å². The summed E-state index contributed by atoms with van der Waals surface area (Å²) >= 11 is 0. The molecule has 1 aromatic carbocycles. The first-order valence-electron chi connectivity index (χ1n) is 9.00. The molecule has 2 fully saturated rings. The minimum Gasteiger partial charge on any atom is -0.353 e. The molecule has 4 nitrogen and oxygen atoms in total. The van der Waals surface area contributed by atoms with E-state index in [2.05, 4.69) is 52.8 Å². The summed E-state index contributed by atoms with van der Waals surface area (Å²) in [7, 11) is 0. The molecule has 23 heavy (non-hydrogen) atoms. The second kappa shape index (κ2) is 7.93. The molecule has 0 bridgehead atoms. The monoisotopic (exact) mass is 315 g/mol. The molecule has 2 heterocycles. The zero-order chi connectivity index (χ0) is 16.1. The van der Waals surface area contributed by atoms with Gasteiger partial charge < -0.3 is 10.6 Å². The Hall–Kier alpha value is -1.39. The molecule has 2 unspecified atom stereocenters. The average molecular weight is 315 g/mol. The van der Waals surface area contributed by atoms with Gasteiger partial charge in [-0.1, -0.05) is 30.3 Å². The predicted octanol–water partition coefficient (Wildman–Crippen LogP) is 2.01. The Bertz CT molecular complexity index is 499. The predicted molar refractivity (Wildman–Crippen MR) is 93.0 cm³/mol. The number of carbonyl (C=O) groups is 1. The van der Waals surface area contributed by atoms with Gasteiger partial charge in [0.2, 0.25) is 5.91 Å². The van der Waals surface area contributed by atoms with Gasteiger partial charge in [-0.2, -0.15) is 0 Å². The van der Waals surface area contributed by atoms with Gasteiger partial charge in [-0.3, -0.25) is 9.69 Å². The topological polar surface area (TPSA) is 44.4 Å². The number of benzene rings is 1. The van der Waals surface area contributed by atoms with E-state index < -0.39 is 0 Å². The Morgan fingerprint density at radius 1 is 1.35 bits per heavy atom. The van der Waals surface area contributed by atoms with Gasteiger partial charge in [0.25, 0.3) is 0 Å². The van der Waals surface area contributed by atoms with Crippen LogP contribution in [-0.2, 0) is 11.3 Å². The zero-order valence-electron chi connectivity index (χ0n) is 14.1. The van der Waals surface area contributed by atoms with Crippen molar-refractivity contribution in [2.75, 3.05) is 26.2 Å². The molecule has 0 aliphatic carbocycles. The van der Waals surface area contributed by atoms with Crippen LogP contribution in [0.25, 0.3) is 0 Å². The summed E-state index contributed by atoms with van der Waals surface area (Å²) < 4.78 is 0. The number of carbonyl (C=O) groups excluding carboxylic acids is 1. The molecule has 1 amide bonds. The van der Waals surface area contributed by atoms with E-state index in [0.717, 1.165) is 45.6 Å². The summed E-state index contributed by atoms with van der Waals surface area (Å²) in [6, 6.07) is 10.9. The molecular weight excluding hydrogens is 286 g/mol. The molecule has 0 radical (unpaired) electrons. The third-order valence-corrected chi connectivity index (χ3v) is 5.30. The number of nitrogens with zero attached hydrogens (tertiary/aromatic N) is 1. The van der Waals surface area contributed by atoms with Gasteiger partial charge in [-0.15, -0.1) is 0 Å². The quantitative estimate of drug-likeness (QED) is 0.874. The number of amides is 1. The Morgan fingerprint density at radius 3 is 2.91 bits per heavy atom. The van der Waals surface area contributed by atoms with Crippen LogP contribution in [0.5, 0.6) is 0 Å². The summed E-state index contributed by atoms with van der Waals surface area (Å²) in [6.45, 7) is 7.29. The van der Waals surface area contributed by atoms with Gasteiger partial charge in [0.05, 0.1) is 5.92 Å². The van der Waals surface area contributed by atoms with Crippen LogP contribution in [0.1, 0.15) is 31.7 Å². The highest BCUT2D eigenvalue weighted by Crippen LogP contribution is 2.22. The number of nitrogens with one attached hydrogen (secondary N) is 2. The summed E-state index contributed by atoms with van der Waals surface area (Å²) in [5.74, 6) is 0.971. The third-order valence-electron chi connectivity index (χ3n) is 5.30. The Morgan fingerprint density at radius 2 is 2.17 bits per heavy atom. The van der Waals surface area contributed by atoms with E-state index in [9.17, 15) is 4.79 Å². The number of hydrogen-bond acceptors (Lipinski definition) is 3. The van der Waals surface area contributed by atoms with Crippen molar-refractivity contribution in [1.82, 2.24) is 15.5 Å². The number of rotatable bonds is 5. The van der Waals surface area contributed by atoms with Crippen LogP contribution in [0, 0.1) is 11.8 Å². The van der Waals surface area contributed by atoms with Crippen molar-refractivity contribution >= 4 is 5.91 Å². The number of likely N-dealkylation sites (tertiary alicyclic amines) is 1. The van der Waals surface area contributed by atoms with Crippen LogP contribution in [0.3, 0.4) is 0 Å². The molecule has 0 spiro atoms. The second-order valence-corrected chi connectivity index (χ2v) is 7.11. The SMILES string of the molecule is CC(NC(=O)[C@@H]1CCCNC1)C1CCN(Cc2ccccc2)C1. The minimum atomic E-state index is 0.160. The van der Waals surface area contributed by atoms with Crippen molar-refractivity contribution < 1.29 is 4.79 Å². The molecule has 2 saturated heterocycles. The maximum atomic E-state index is 12.4. The fourth-order valence-electron chi connectivity index (χ4n) is 3.79. The molecular formula is C19H29N3O. The van der Waals surface area contributed by atoms with Crippen molar-refractivity contribution in [2.24, 2.45) is 11.8 Å². The van der Waals surface area contributed by atoms with Crippen molar-refractivity contribution in [3.05, 3.63) is 35.9 Å². The average Bonchev–Trinajstić information content (AvgIpc) is 3.05. The molecule has 2 aliphatic rings. The van der Waals surface area contributed by atoms with Crippen molar-refractivity contribution in [1.29, 1.82) is 0 Å². The Labute approximate surface area is 139 Å². The molecule has 0 saturated carbocycles. The molecule has 4 heteroatoms. The van der Waals surface area contributed by atoms with Crippen molar-refractivity contribution in [2.45, 2.75) is 38.8 Å². The lowest BCUT2D eigenvalue weighted by Crippen LogP contribution is -2.46. The van der Waals surface area contributed by atoms with E-state index in [1.165, 1.54) is 12.0 Å². The molecule has 3 rings (SSSR count). The molecule has 2 aliphatic heterocycles. The van der Waals surface area contributed by atoms with E-state index in [4.69, 9.17) is 0 Å². The Kier molecular flexibility index (Phi) is 5.68. The summed E-state index contributed by atoms with van der Waals surface area (Å²) in [5.41, 5.74) is 1.37. The molecule has 126 valence electrons. The summed E-state index contributed by atoms with van der Waals surface area (Å²) in [4.78, 5) is 14.9. The smallest absolute Gasteiger partial charge is 0.224 e. The van der Waals surface area contributed by atoms with E-state index in [1.54, 1.807) is 0 Å². The lowest BCUT2D eigenvalue weighted by molar-refractivity contribution is -0.126. The van der Waals surface area contributed by atoms with Crippen molar-refractivity contribution in [3.63, 3.8) is 0 Å². The van der Waals surface area contributed by atoms with Crippen LogP contribution in [0.4, 0.5) is 0 Å². The molecule has 1 aromatic rings. The lowest BCUT2D eigenvalue weighted by Gasteiger charge is -2.26. The van der Waals surface area contributed by atoms with E-state index in [0.29, 0.717) is 5.92 Å². The fourth-order valence-corrected chi connectivity index (χ4v) is 3.79. The summed E-state index contributed by atoms with van der Waals surface area (Å²) in [5, 5.41) is 6.59. The molecule has 0 aromatic heterocycles. The van der Waals surface area contributed by atoms with Gasteiger partial charge in [0.1, 0.15) is 0 Å². The standard InChI is InChI=1S/C19H29N3O/c1-15(21-19(23)17-8-5-10-20-12-17)18-9-11-22(14-18)13-16-6-3-2-4-7-16/h2-4,6-7,15,17-18,20H,5,8-14H2,1H3,(H,21,23)/t15?,17-,18?/m1/s1. The van der Waals surface area contributed by atoms with E-state index >= 15 is 0 Å². The van der Waals surface area contributed by atoms with Gasteiger partial charge in [-0.25, -0.2) is 0 Å². The summed E-state index contributed by atoms with van der Waals surface area (Å²) in [6.07, 6.45) is 3.31. The molecule has 2 N–H and O–H groups in total. The first-order chi connectivity index (χ1) is 11.2. The maximum Gasteiger partial charge on any atom is 0.224 e. The molecule has 3 atom stereocenters. The Balaban J connectivity index is 1.45. The first kappa shape index (κ1) is 16.5. The zero-order valence-corrected chi connectivity index (χ0v) is 14.1. The van der Waals surface area contributed by atoms with E-state index in [-0.39, 0.29) is 17.9 Å². The van der Waals surface area contributed by atoms with Gasteiger partial charge >= 0.3 is 0 Å². The third kappa shape index (κ3) is 4.55. The normalized spacial score (nSPS) is 26.8. The van der Waals surface area contributed by atoms with Crippen LogP contribution < -0.4 is 10.6 Å². The van der Waals surface area contributed by atoms with Crippen molar-refractivity contribution in [3.8, 4) is 0 Å². The first-order valence-corrected chi connectivity index (χ1v) is 9.00. The largest absolute Gasteiger partial charge is 0.353 e. The highest BCUT2D eigenvalue weighted by Gasteiger charge is 2.29. The highest BCUT2D eigenvalue weighted by molar-refractivity contribution is 5.79. The van der Waals surface area contributed by atoms with Crippen LogP contribution >= 0.6 is 0 Å². The van der Waals surface area contributed by atoms with Gasteiger partial charge in [0, 0.05) is 25.7 Å². The van der Waals surface area contributed by atoms with Gasteiger partial charge in [-0.05, 0) is 50.8 Å². The van der Waals surface area contributed by atoms with Crippen LogP contribution in [-0.4, -0.2) is 43.0 Å². The number of piperidine rings is 1. The fraction of sp³-hybridized carbons (Fsp3) is 0.632. The minimum absolute atomic E-state index is 0.160.